The van der Waals surface area contributed by atoms with Gasteiger partial charge in [0, 0.05) is 5.56 Å². The van der Waals surface area contributed by atoms with Crippen molar-refractivity contribution in [2.24, 2.45) is 0 Å². The molecule has 4 nitrogen and oxygen atoms in total. The van der Waals surface area contributed by atoms with E-state index in [1.165, 1.54) is 0 Å². The summed E-state index contributed by atoms with van der Waals surface area (Å²) < 4.78 is 16.3. The summed E-state index contributed by atoms with van der Waals surface area (Å²) >= 11 is 0. The van der Waals surface area contributed by atoms with Gasteiger partial charge in [-0.15, -0.1) is 6.58 Å². The lowest BCUT2D eigenvalue weighted by Gasteiger charge is -2.14. The number of aryl methyl sites for hydroxylation is 2. The molecule has 4 heteroatoms. The number of carbonyl (C=O) groups is 1. The molecule has 0 radical (unpaired) electrons. The summed E-state index contributed by atoms with van der Waals surface area (Å²) in [5.41, 5.74) is 5.02. The summed E-state index contributed by atoms with van der Waals surface area (Å²) in [5.74, 6) is 0. The van der Waals surface area contributed by atoms with Crippen molar-refractivity contribution in [3.05, 3.63) is 46.5 Å². The van der Waals surface area contributed by atoms with E-state index in [2.05, 4.69) is 6.58 Å². The molecule has 0 saturated carbocycles. The molecule has 0 unspecified atom stereocenters. The van der Waals surface area contributed by atoms with Crippen molar-refractivity contribution >= 4 is 6.29 Å². The molecule has 0 fully saturated rings. The normalized spacial score (nSPS) is 10.7. The minimum absolute atomic E-state index is 0.495. The first kappa shape index (κ1) is 18.6. The molecule has 0 spiro atoms. The highest BCUT2D eigenvalue weighted by atomic mass is 16.5. The van der Waals surface area contributed by atoms with E-state index in [1.54, 1.807) is 6.08 Å². The third-order valence-electron chi connectivity index (χ3n) is 3.53. The molecule has 1 rings (SSSR count). The summed E-state index contributed by atoms with van der Waals surface area (Å²) in [6, 6.07) is 2.03. The zero-order chi connectivity index (χ0) is 16.4. The number of hydrogen-bond acceptors (Lipinski definition) is 4. The van der Waals surface area contributed by atoms with E-state index in [0.29, 0.717) is 39.6 Å². The average molecular weight is 306 g/mol. The van der Waals surface area contributed by atoms with Gasteiger partial charge in [-0.2, -0.15) is 0 Å². The molecule has 0 aliphatic carbocycles. The number of benzene rings is 1. The summed E-state index contributed by atoms with van der Waals surface area (Å²) in [5, 5.41) is 0. The van der Waals surface area contributed by atoms with Crippen LogP contribution in [-0.4, -0.2) is 39.3 Å². The van der Waals surface area contributed by atoms with Crippen molar-refractivity contribution in [3.63, 3.8) is 0 Å². The Morgan fingerprint density at radius 3 is 2.27 bits per heavy atom. The summed E-state index contributed by atoms with van der Waals surface area (Å²) in [7, 11) is 0. The Morgan fingerprint density at radius 2 is 1.64 bits per heavy atom. The number of aldehydes is 1. The van der Waals surface area contributed by atoms with Crippen LogP contribution in [0, 0.1) is 20.8 Å². The highest BCUT2D eigenvalue weighted by Crippen LogP contribution is 2.21. The minimum Gasteiger partial charge on any atom is -0.377 e. The van der Waals surface area contributed by atoms with Gasteiger partial charge in [-0.25, -0.2) is 0 Å². The number of hydrogen-bond donors (Lipinski definition) is 0. The Hall–Kier alpha value is -1.49. The lowest BCUT2D eigenvalue weighted by atomic mass is 9.94. The van der Waals surface area contributed by atoms with Gasteiger partial charge in [-0.3, -0.25) is 4.79 Å². The van der Waals surface area contributed by atoms with E-state index in [1.807, 2.05) is 26.8 Å². The second-order valence-corrected chi connectivity index (χ2v) is 5.17. The van der Waals surface area contributed by atoms with Crippen molar-refractivity contribution in [3.8, 4) is 0 Å². The molecule has 0 aliphatic heterocycles. The molecular weight excluding hydrogens is 280 g/mol. The van der Waals surface area contributed by atoms with Gasteiger partial charge in [0.25, 0.3) is 0 Å². The van der Waals surface area contributed by atoms with Crippen LogP contribution in [0.2, 0.25) is 0 Å². The molecule has 0 atom stereocenters. The second-order valence-electron chi connectivity index (χ2n) is 5.17. The molecule has 1 aromatic carbocycles. The van der Waals surface area contributed by atoms with E-state index in [0.717, 1.165) is 34.1 Å². The Bertz CT molecular complexity index is 494. The maximum absolute atomic E-state index is 11.2. The molecule has 0 amide bonds. The average Bonchev–Trinajstić information content (AvgIpc) is 2.48. The first-order chi connectivity index (χ1) is 10.6. The fourth-order valence-electron chi connectivity index (χ4n) is 2.33. The number of ether oxygens (including phenoxy) is 3. The first-order valence-corrected chi connectivity index (χ1v) is 7.50. The Kier molecular flexibility index (Phi) is 8.67. The zero-order valence-corrected chi connectivity index (χ0v) is 13.8. The number of rotatable bonds is 11. The van der Waals surface area contributed by atoms with Crippen LogP contribution in [0.5, 0.6) is 0 Å². The van der Waals surface area contributed by atoms with Gasteiger partial charge in [0.1, 0.15) is 0 Å². The monoisotopic (exact) mass is 306 g/mol. The van der Waals surface area contributed by atoms with Gasteiger partial charge in [0.2, 0.25) is 0 Å². The third kappa shape index (κ3) is 5.72. The van der Waals surface area contributed by atoms with Crippen LogP contribution >= 0.6 is 0 Å². The maximum atomic E-state index is 11.2. The predicted molar refractivity (Wildman–Crippen MR) is 87.5 cm³/mol. The second kappa shape index (κ2) is 10.3. The van der Waals surface area contributed by atoms with Crippen molar-refractivity contribution in [1.82, 2.24) is 0 Å². The van der Waals surface area contributed by atoms with Crippen LogP contribution < -0.4 is 0 Å². The zero-order valence-electron chi connectivity index (χ0n) is 13.8. The Morgan fingerprint density at radius 1 is 1.00 bits per heavy atom. The Labute approximate surface area is 133 Å². The molecular formula is C18H26O4. The van der Waals surface area contributed by atoms with E-state index in [9.17, 15) is 4.79 Å². The van der Waals surface area contributed by atoms with Crippen LogP contribution in [-0.2, 0) is 20.8 Å². The van der Waals surface area contributed by atoms with E-state index in [-0.39, 0.29) is 0 Å². The molecule has 0 heterocycles. The van der Waals surface area contributed by atoms with Gasteiger partial charge >= 0.3 is 0 Å². The van der Waals surface area contributed by atoms with Gasteiger partial charge < -0.3 is 14.2 Å². The summed E-state index contributed by atoms with van der Waals surface area (Å²) in [4.78, 5) is 11.2. The van der Waals surface area contributed by atoms with Crippen molar-refractivity contribution < 1.29 is 19.0 Å². The topological polar surface area (TPSA) is 44.8 Å². The fraction of sp³-hybridized carbons (Fsp3) is 0.500. The van der Waals surface area contributed by atoms with E-state index >= 15 is 0 Å². The molecule has 0 aromatic heterocycles. The Balaban J connectivity index is 2.33. The molecule has 0 aliphatic rings. The lowest BCUT2D eigenvalue weighted by molar-refractivity contribution is 0.0150. The largest absolute Gasteiger partial charge is 0.377 e. The highest BCUT2D eigenvalue weighted by Gasteiger charge is 2.10. The third-order valence-corrected chi connectivity index (χ3v) is 3.53. The van der Waals surface area contributed by atoms with Crippen LogP contribution in [0.1, 0.15) is 32.6 Å². The van der Waals surface area contributed by atoms with Gasteiger partial charge in [-0.1, -0.05) is 12.1 Å². The SMILES string of the molecule is C=CCOCCOCCOCc1c(C)cc(C)c(C=O)c1C. The number of carbonyl (C=O) groups excluding carboxylic acids is 1. The molecule has 0 bridgehead atoms. The lowest BCUT2D eigenvalue weighted by Crippen LogP contribution is -2.10. The van der Waals surface area contributed by atoms with Gasteiger partial charge in [-0.05, 0) is 43.0 Å². The van der Waals surface area contributed by atoms with E-state index in [4.69, 9.17) is 14.2 Å². The minimum atomic E-state index is 0.495. The van der Waals surface area contributed by atoms with Crippen molar-refractivity contribution in [2.45, 2.75) is 27.4 Å². The summed E-state index contributed by atoms with van der Waals surface area (Å²) in [6.07, 6.45) is 2.63. The molecule has 22 heavy (non-hydrogen) atoms. The molecule has 122 valence electrons. The highest BCUT2D eigenvalue weighted by molar-refractivity contribution is 5.80. The van der Waals surface area contributed by atoms with Gasteiger partial charge in [0.15, 0.2) is 6.29 Å². The molecule has 0 saturated heterocycles. The van der Waals surface area contributed by atoms with Crippen molar-refractivity contribution in [2.75, 3.05) is 33.0 Å². The summed E-state index contributed by atoms with van der Waals surface area (Å²) in [6.45, 7) is 12.7. The molecule has 1 aromatic rings. The van der Waals surface area contributed by atoms with E-state index < -0.39 is 0 Å². The fourth-order valence-corrected chi connectivity index (χ4v) is 2.33. The van der Waals surface area contributed by atoms with Crippen LogP contribution in [0.15, 0.2) is 18.7 Å². The molecule has 0 N–H and O–H groups in total. The van der Waals surface area contributed by atoms with Crippen LogP contribution in [0.4, 0.5) is 0 Å². The maximum Gasteiger partial charge on any atom is 0.150 e. The van der Waals surface area contributed by atoms with Crippen LogP contribution in [0.25, 0.3) is 0 Å². The van der Waals surface area contributed by atoms with Gasteiger partial charge in [0.05, 0.1) is 39.6 Å². The van der Waals surface area contributed by atoms with Crippen molar-refractivity contribution in [1.29, 1.82) is 0 Å². The van der Waals surface area contributed by atoms with Crippen LogP contribution in [0.3, 0.4) is 0 Å². The smallest absolute Gasteiger partial charge is 0.150 e. The quantitative estimate of drug-likeness (QED) is 0.358. The standard InChI is InChI=1S/C18H26O4/c1-5-6-20-7-8-21-9-10-22-13-18-15(3)11-14(2)17(12-19)16(18)4/h5,11-12H,1,6-10,13H2,2-4H3. The predicted octanol–water partition coefficient (Wildman–Crippen LogP) is 3.16. The first-order valence-electron chi connectivity index (χ1n) is 7.50.